The highest BCUT2D eigenvalue weighted by Crippen LogP contribution is 2.19. The quantitative estimate of drug-likeness (QED) is 0.201. The van der Waals surface area contributed by atoms with E-state index in [1.807, 2.05) is 0 Å². The molecule has 0 unspecified atom stereocenters. The second kappa shape index (κ2) is 19.2. The molecule has 1 aliphatic rings. The fourth-order valence-corrected chi connectivity index (χ4v) is 3.97. The fraction of sp³-hybridized carbons (Fsp3) is 0.920. The van der Waals surface area contributed by atoms with E-state index in [-0.39, 0.29) is 13.2 Å². The maximum Gasteiger partial charge on any atom is 0.114 e. The molecule has 0 aromatic rings. The van der Waals surface area contributed by atoms with Gasteiger partial charge in [-0.1, -0.05) is 83.3 Å². The van der Waals surface area contributed by atoms with Crippen LogP contribution in [0.15, 0.2) is 12.2 Å². The van der Waals surface area contributed by atoms with Gasteiger partial charge in [-0.25, -0.2) is 0 Å². The Balaban J connectivity index is 1.85. The van der Waals surface area contributed by atoms with Gasteiger partial charge in [0.1, 0.15) is 24.4 Å². The maximum atomic E-state index is 10.1. The summed E-state index contributed by atoms with van der Waals surface area (Å²) in [7, 11) is 0. The number of ether oxygens (including phenoxy) is 2. The van der Waals surface area contributed by atoms with Crippen LogP contribution >= 0.6 is 0 Å². The van der Waals surface area contributed by atoms with E-state index in [0.29, 0.717) is 6.61 Å². The van der Waals surface area contributed by atoms with Crippen molar-refractivity contribution in [3.05, 3.63) is 12.2 Å². The van der Waals surface area contributed by atoms with Crippen molar-refractivity contribution < 1.29 is 24.8 Å². The minimum atomic E-state index is -0.974. The van der Waals surface area contributed by atoms with Crippen LogP contribution in [0.2, 0.25) is 0 Å². The standard InChI is InChI=1S/C25H48O5/c1-2-3-4-5-6-7-8-9-10-11-12-13-14-15-16-17-18-19-29-25-22(27)21-30-23(20-26)24(25)28/h10-11,22-28H,2-9,12-21H2,1H3/b11-10+/t22-,23+,24+,25+/m0/s1. The number of hydrogen-bond acceptors (Lipinski definition) is 5. The van der Waals surface area contributed by atoms with Gasteiger partial charge in [-0.05, 0) is 32.1 Å². The largest absolute Gasteiger partial charge is 0.394 e. The Morgan fingerprint density at radius 3 is 1.90 bits per heavy atom. The SMILES string of the molecule is CCCCCCCCC/C=C/CCCCCCCCO[C@H]1[C@H](O)[C@@H](CO)OC[C@@H]1O. The van der Waals surface area contributed by atoms with E-state index in [0.717, 1.165) is 12.8 Å². The summed E-state index contributed by atoms with van der Waals surface area (Å²) in [6.45, 7) is 2.63. The van der Waals surface area contributed by atoms with Crippen LogP contribution in [0.25, 0.3) is 0 Å². The van der Waals surface area contributed by atoms with E-state index in [1.54, 1.807) is 0 Å². The zero-order valence-electron chi connectivity index (χ0n) is 19.4. The van der Waals surface area contributed by atoms with E-state index < -0.39 is 24.4 Å². The summed E-state index contributed by atoms with van der Waals surface area (Å²) >= 11 is 0. The van der Waals surface area contributed by atoms with E-state index in [9.17, 15) is 10.2 Å². The van der Waals surface area contributed by atoms with Gasteiger partial charge < -0.3 is 24.8 Å². The van der Waals surface area contributed by atoms with Crippen molar-refractivity contribution in [3.8, 4) is 0 Å². The molecule has 1 fully saturated rings. The van der Waals surface area contributed by atoms with Gasteiger partial charge in [-0.2, -0.15) is 0 Å². The van der Waals surface area contributed by atoms with Gasteiger partial charge in [0.05, 0.1) is 13.2 Å². The lowest BCUT2D eigenvalue weighted by Gasteiger charge is -2.37. The summed E-state index contributed by atoms with van der Waals surface area (Å²) in [6, 6.07) is 0. The zero-order valence-corrected chi connectivity index (χ0v) is 19.4. The molecule has 0 aromatic heterocycles. The molecular formula is C25H48O5. The van der Waals surface area contributed by atoms with Gasteiger partial charge in [0.25, 0.3) is 0 Å². The van der Waals surface area contributed by atoms with Crippen LogP contribution in [0, 0.1) is 0 Å². The third-order valence-electron chi connectivity index (χ3n) is 5.97. The fourth-order valence-electron chi connectivity index (χ4n) is 3.97. The van der Waals surface area contributed by atoms with Gasteiger partial charge in [-0.15, -0.1) is 0 Å². The maximum absolute atomic E-state index is 10.1. The molecule has 30 heavy (non-hydrogen) atoms. The average molecular weight is 429 g/mol. The van der Waals surface area contributed by atoms with Crippen LogP contribution in [0.1, 0.15) is 103 Å². The Labute approximate surface area is 184 Å². The molecule has 4 atom stereocenters. The lowest BCUT2D eigenvalue weighted by Crippen LogP contribution is -2.55. The summed E-state index contributed by atoms with van der Waals surface area (Å²) in [4.78, 5) is 0. The highest BCUT2D eigenvalue weighted by atomic mass is 16.6. The Morgan fingerprint density at radius 2 is 1.33 bits per heavy atom. The van der Waals surface area contributed by atoms with Crippen LogP contribution in [0.5, 0.6) is 0 Å². The van der Waals surface area contributed by atoms with Crippen molar-refractivity contribution in [2.75, 3.05) is 19.8 Å². The van der Waals surface area contributed by atoms with Crippen LogP contribution in [-0.2, 0) is 9.47 Å². The molecule has 5 nitrogen and oxygen atoms in total. The number of allylic oxidation sites excluding steroid dienone is 2. The predicted molar refractivity (Wildman–Crippen MR) is 123 cm³/mol. The van der Waals surface area contributed by atoms with E-state index in [4.69, 9.17) is 14.6 Å². The first-order valence-corrected chi connectivity index (χ1v) is 12.6. The molecule has 1 aliphatic heterocycles. The van der Waals surface area contributed by atoms with Gasteiger partial charge in [0.2, 0.25) is 0 Å². The van der Waals surface area contributed by atoms with Crippen molar-refractivity contribution in [1.29, 1.82) is 0 Å². The highest BCUT2D eigenvalue weighted by Gasteiger charge is 2.38. The average Bonchev–Trinajstić information content (AvgIpc) is 2.75. The van der Waals surface area contributed by atoms with Crippen LogP contribution in [-0.4, -0.2) is 59.6 Å². The van der Waals surface area contributed by atoms with E-state index in [2.05, 4.69) is 19.1 Å². The second-order valence-corrected chi connectivity index (χ2v) is 8.74. The normalized spacial score (nSPS) is 24.7. The summed E-state index contributed by atoms with van der Waals surface area (Å²) < 4.78 is 10.9. The first-order valence-electron chi connectivity index (χ1n) is 12.6. The predicted octanol–water partition coefficient (Wildman–Crippen LogP) is 4.91. The summed E-state index contributed by atoms with van der Waals surface area (Å²) in [5.41, 5.74) is 0. The molecule has 3 N–H and O–H groups in total. The Kier molecular flexibility index (Phi) is 17.7. The molecule has 1 rings (SSSR count). The van der Waals surface area contributed by atoms with Gasteiger partial charge in [0, 0.05) is 6.61 Å². The van der Waals surface area contributed by atoms with Crippen molar-refractivity contribution >= 4 is 0 Å². The molecule has 0 spiro atoms. The number of hydrogen-bond donors (Lipinski definition) is 3. The molecule has 0 bridgehead atoms. The van der Waals surface area contributed by atoms with Gasteiger partial charge in [0.15, 0.2) is 0 Å². The van der Waals surface area contributed by atoms with Crippen molar-refractivity contribution in [1.82, 2.24) is 0 Å². The zero-order chi connectivity index (χ0) is 21.9. The highest BCUT2D eigenvalue weighted by molar-refractivity contribution is 4.87. The Morgan fingerprint density at radius 1 is 0.800 bits per heavy atom. The van der Waals surface area contributed by atoms with Crippen molar-refractivity contribution in [2.24, 2.45) is 0 Å². The first kappa shape index (κ1) is 27.6. The minimum Gasteiger partial charge on any atom is -0.394 e. The van der Waals surface area contributed by atoms with E-state index in [1.165, 1.54) is 83.5 Å². The van der Waals surface area contributed by atoms with Crippen molar-refractivity contribution in [3.63, 3.8) is 0 Å². The number of rotatable bonds is 19. The molecular weight excluding hydrogens is 380 g/mol. The van der Waals surface area contributed by atoms with Crippen LogP contribution in [0.3, 0.4) is 0 Å². The molecule has 0 saturated carbocycles. The summed E-state index contributed by atoms with van der Waals surface area (Å²) in [6.07, 6.45) is 20.7. The third kappa shape index (κ3) is 13.1. The number of aliphatic hydroxyl groups is 3. The molecule has 178 valence electrons. The monoisotopic (exact) mass is 428 g/mol. The smallest absolute Gasteiger partial charge is 0.114 e. The van der Waals surface area contributed by atoms with Crippen LogP contribution in [0.4, 0.5) is 0 Å². The molecule has 1 heterocycles. The molecule has 0 radical (unpaired) electrons. The number of aliphatic hydroxyl groups excluding tert-OH is 3. The third-order valence-corrected chi connectivity index (χ3v) is 5.97. The molecule has 0 aromatic carbocycles. The summed E-state index contributed by atoms with van der Waals surface area (Å²) in [5, 5.41) is 29.1. The van der Waals surface area contributed by atoms with Crippen molar-refractivity contribution in [2.45, 2.75) is 128 Å². The van der Waals surface area contributed by atoms with Crippen LogP contribution < -0.4 is 0 Å². The van der Waals surface area contributed by atoms with Gasteiger partial charge >= 0.3 is 0 Å². The molecule has 5 heteroatoms. The second-order valence-electron chi connectivity index (χ2n) is 8.74. The lowest BCUT2D eigenvalue weighted by molar-refractivity contribution is -0.210. The molecule has 1 saturated heterocycles. The minimum absolute atomic E-state index is 0.0977. The topological polar surface area (TPSA) is 79.2 Å². The Hall–Kier alpha value is -0.460. The molecule has 0 aliphatic carbocycles. The Bertz CT molecular complexity index is 401. The summed E-state index contributed by atoms with van der Waals surface area (Å²) in [5.74, 6) is 0. The first-order chi connectivity index (χ1) is 14.7. The lowest BCUT2D eigenvalue weighted by atomic mass is 10.0. The molecule has 0 amide bonds. The number of unbranched alkanes of at least 4 members (excludes halogenated alkanes) is 13. The van der Waals surface area contributed by atoms with Gasteiger partial charge in [-0.3, -0.25) is 0 Å². The van der Waals surface area contributed by atoms with E-state index >= 15 is 0 Å².